The molecule has 0 spiro atoms. The molecule has 1 heterocycles. The van der Waals surface area contributed by atoms with Crippen LogP contribution in [0.1, 0.15) is 43.7 Å². The van der Waals surface area contributed by atoms with E-state index in [1.807, 2.05) is 0 Å². The minimum Gasteiger partial charge on any atom is -0.481 e. The van der Waals surface area contributed by atoms with Gasteiger partial charge in [0.2, 0.25) is 0 Å². The second-order valence-electron chi connectivity index (χ2n) is 5.81. The van der Waals surface area contributed by atoms with Gasteiger partial charge in [-0.2, -0.15) is 0 Å². The standard InChI is InChI=1S/C16H23NO2/c1-12(2)14-7-5-13(6-8-14)10-17-9-3-4-15(11-17)16(18)19/h5-8,12,15H,3-4,9-11H2,1-2H3,(H,18,19)/t15-/m0/s1. The van der Waals surface area contributed by atoms with Crippen molar-refractivity contribution in [2.45, 2.75) is 39.2 Å². The predicted octanol–water partition coefficient (Wildman–Crippen LogP) is 3.11. The first-order valence-electron chi connectivity index (χ1n) is 7.10. The Balaban J connectivity index is 1.95. The minimum atomic E-state index is -0.653. The Labute approximate surface area is 115 Å². The fraction of sp³-hybridized carbons (Fsp3) is 0.562. The van der Waals surface area contributed by atoms with Crippen molar-refractivity contribution < 1.29 is 9.90 Å². The van der Waals surface area contributed by atoms with E-state index < -0.39 is 5.97 Å². The van der Waals surface area contributed by atoms with Crippen LogP contribution in [-0.4, -0.2) is 29.1 Å². The molecule has 1 aliphatic heterocycles. The van der Waals surface area contributed by atoms with E-state index in [4.69, 9.17) is 5.11 Å². The van der Waals surface area contributed by atoms with E-state index in [-0.39, 0.29) is 5.92 Å². The molecule has 19 heavy (non-hydrogen) atoms. The van der Waals surface area contributed by atoms with Crippen LogP contribution in [0.3, 0.4) is 0 Å². The van der Waals surface area contributed by atoms with Crippen molar-refractivity contribution in [3.05, 3.63) is 35.4 Å². The van der Waals surface area contributed by atoms with Crippen molar-refractivity contribution in [2.24, 2.45) is 5.92 Å². The minimum absolute atomic E-state index is 0.191. The van der Waals surface area contributed by atoms with Crippen molar-refractivity contribution >= 4 is 5.97 Å². The number of carboxylic acid groups (broad SMARTS) is 1. The molecular formula is C16H23NO2. The van der Waals surface area contributed by atoms with Crippen LogP contribution >= 0.6 is 0 Å². The maximum Gasteiger partial charge on any atom is 0.307 e. The topological polar surface area (TPSA) is 40.5 Å². The van der Waals surface area contributed by atoms with Crippen LogP contribution in [-0.2, 0) is 11.3 Å². The van der Waals surface area contributed by atoms with Crippen LogP contribution in [0.2, 0.25) is 0 Å². The SMILES string of the molecule is CC(C)c1ccc(CN2CCC[C@H](C(=O)O)C2)cc1. The van der Waals surface area contributed by atoms with Gasteiger partial charge in [-0.3, -0.25) is 9.69 Å². The molecule has 0 amide bonds. The van der Waals surface area contributed by atoms with E-state index in [1.54, 1.807) is 0 Å². The third-order valence-electron chi connectivity index (χ3n) is 3.91. The van der Waals surface area contributed by atoms with E-state index in [0.717, 1.165) is 25.9 Å². The summed E-state index contributed by atoms with van der Waals surface area (Å²) in [6, 6.07) is 8.69. The molecule has 1 aromatic rings. The smallest absolute Gasteiger partial charge is 0.307 e. The number of nitrogens with zero attached hydrogens (tertiary/aromatic N) is 1. The molecule has 1 fully saturated rings. The molecule has 0 aliphatic carbocycles. The zero-order valence-corrected chi connectivity index (χ0v) is 11.8. The molecule has 3 heteroatoms. The number of likely N-dealkylation sites (tertiary alicyclic amines) is 1. The summed E-state index contributed by atoms with van der Waals surface area (Å²) in [4.78, 5) is 13.3. The normalized spacial score (nSPS) is 20.7. The van der Waals surface area contributed by atoms with Gasteiger partial charge in [0, 0.05) is 13.1 Å². The number of hydrogen-bond acceptors (Lipinski definition) is 2. The lowest BCUT2D eigenvalue weighted by Gasteiger charge is -2.30. The zero-order chi connectivity index (χ0) is 13.8. The number of rotatable bonds is 4. The lowest BCUT2D eigenvalue weighted by Crippen LogP contribution is -2.38. The lowest BCUT2D eigenvalue weighted by molar-refractivity contribution is -0.143. The van der Waals surface area contributed by atoms with E-state index in [2.05, 4.69) is 43.0 Å². The summed E-state index contributed by atoms with van der Waals surface area (Å²) < 4.78 is 0. The Morgan fingerprint density at radius 1 is 1.37 bits per heavy atom. The Hall–Kier alpha value is -1.35. The molecule has 0 bridgehead atoms. The molecule has 0 radical (unpaired) electrons. The zero-order valence-electron chi connectivity index (χ0n) is 11.8. The van der Waals surface area contributed by atoms with Gasteiger partial charge in [-0.1, -0.05) is 38.1 Å². The van der Waals surface area contributed by atoms with Gasteiger partial charge in [0.1, 0.15) is 0 Å². The van der Waals surface area contributed by atoms with E-state index in [1.165, 1.54) is 11.1 Å². The molecule has 0 saturated carbocycles. The molecule has 3 nitrogen and oxygen atoms in total. The Kier molecular flexibility index (Phi) is 4.59. The van der Waals surface area contributed by atoms with Gasteiger partial charge in [-0.25, -0.2) is 0 Å². The second kappa shape index (κ2) is 6.20. The highest BCUT2D eigenvalue weighted by molar-refractivity contribution is 5.70. The molecule has 1 N–H and O–H groups in total. The molecule has 1 aliphatic rings. The van der Waals surface area contributed by atoms with Crippen molar-refractivity contribution in [3.8, 4) is 0 Å². The average molecular weight is 261 g/mol. The molecule has 2 rings (SSSR count). The number of carboxylic acids is 1. The molecule has 1 atom stereocenters. The van der Waals surface area contributed by atoms with Crippen LogP contribution in [0, 0.1) is 5.92 Å². The van der Waals surface area contributed by atoms with E-state index >= 15 is 0 Å². The molecule has 104 valence electrons. The molecule has 1 aromatic carbocycles. The first-order valence-corrected chi connectivity index (χ1v) is 7.10. The number of carbonyl (C=O) groups is 1. The summed E-state index contributed by atoms with van der Waals surface area (Å²) in [5.74, 6) is -0.288. The largest absolute Gasteiger partial charge is 0.481 e. The molecule has 1 saturated heterocycles. The Morgan fingerprint density at radius 3 is 2.63 bits per heavy atom. The maximum absolute atomic E-state index is 11.0. The van der Waals surface area contributed by atoms with Crippen molar-refractivity contribution in [2.75, 3.05) is 13.1 Å². The van der Waals surface area contributed by atoms with Crippen LogP contribution in [0.25, 0.3) is 0 Å². The summed E-state index contributed by atoms with van der Waals surface area (Å²) >= 11 is 0. The third-order valence-corrected chi connectivity index (χ3v) is 3.91. The average Bonchev–Trinajstić information content (AvgIpc) is 2.39. The summed E-state index contributed by atoms with van der Waals surface area (Å²) in [5.41, 5.74) is 2.63. The van der Waals surface area contributed by atoms with Crippen LogP contribution in [0.4, 0.5) is 0 Å². The summed E-state index contributed by atoms with van der Waals surface area (Å²) in [6.45, 7) is 6.94. The van der Waals surface area contributed by atoms with Crippen LogP contribution in [0.5, 0.6) is 0 Å². The van der Waals surface area contributed by atoms with Gasteiger partial charge >= 0.3 is 5.97 Å². The first kappa shape index (κ1) is 14.1. The predicted molar refractivity (Wildman–Crippen MR) is 76.2 cm³/mol. The van der Waals surface area contributed by atoms with Crippen LogP contribution in [0.15, 0.2) is 24.3 Å². The number of aliphatic carboxylic acids is 1. The van der Waals surface area contributed by atoms with Gasteiger partial charge in [0.15, 0.2) is 0 Å². The summed E-state index contributed by atoms with van der Waals surface area (Å²) in [5, 5.41) is 9.09. The van der Waals surface area contributed by atoms with Gasteiger partial charge in [0.05, 0.1) is 5.92 Å². The number of piperidine rings is 1. The second-order valence-corrected chi connectivity index (χ2v) is 5.81. The van der Waals surface area contributed by atoms with Crippen molar-refractivity contribution in [1.82, 2.24) is 4.90 Å². The fourth-order valence-electron chi connectivity index (χ4n) is 2.67. The quantitative estimate of drug-likeness (QED) is 0.905. The van der Waals surface area contributed by atoms with Gasteiger partial charge in [-0.15, -0.1) is 0 Å². The van der Waals surface area contributed by atoms with Crippen molar-refractivity contribution in [1.29, 1.82) is 0 Å². The Morgan fingerprint density at radius 2 is 2.05 bits per heavy atom. The van der Waals surface area contributed by atoms with Gasteiger partial charge in [-0.05, 0) is 36.4 Å². The summed E-state index contributed by atoms with van der Waals surface area (Å²) in [7, 11) is 0. The number of benzene rings is 1. The summed E-state index contributed by atoms with van der Waals surface area (Å²) in [6.07, 6.45) is 1.80. The highest BCUT2D eigenvalue weighted by atomic mass is 16.4. The monoisotopic (exact) mass is 261 g/mol. The van der Waals surface area contributed by atoms with Gasteiger partial charge in [0.25, 0.3) is 0 Å². The van der Waals surface area contributed by atoms with Gasteiger partial charge < -0.3 is 5.11 Å². The molecule has 0 unspecified atom stereocenters. The van der Waals surface area contributed by atoms with E-state index in [9.17, 15) is 4.79 Å². The Bertz CT molecular complexity index is 425. The molecule has 0 aromatic heterocycles. The fourth-order valence-corrected chi connectivity index (χ4v) is 2.67. The van der Waals surface area contributed by atoms with Crippen LogP contribution < -0.4 is 0 Å². The maximum atomic E-state index is 11.0. The lowest BCUT2D eigenvalue weighted by atomic mass is 9.97. The van der Waals surface area contributed by atoms with Crippen molar-refractivity contribution in [3.63, 3.8) is 0 Å². The van der Waals surface area contributed by atoms with E-state index in [0.29, 0.717) is 12.5 Å². The highest BCUT2D eigenvalue weighted by Gasteiger charge is 2.25. The number of hydrogen-bond donors (Lipinski definition) is 1. The molecular weight excluding hydrogens is 238 g/mol. The highest BCUT2D eigenvalue weighted by Crippen LogP contribution is 2.20. The first-order chi connectivity index (χ1) is 9.06. The third kappa shape index (κ3) is 3.80.